The Morgan fingerprint density at radius 1 is 1.25 bits per heavy atom. The van der Waals surface area contributed by atoms with Crippen LogP contribution in [0.3, 0.4) is 0 Å². The third-order valence-corrected chi connectivity index (χ3v) is 2.78. The van der Waals surface area contributed by atoms with E-state index in [2.05, 4.69) is 10.5 Å². The van der Waals surface area contributed by atoms with Crippen LogP contribution in [0.4, 0.5) is 18.9 Å². The van der Waals surface area contributed by atoms with Crippen LogP contribution in [0.25, 0.3) is 0 Å². The summed E-state index contributed by atoms with van der Waals surface area (Å²) >= 11 is 0. The highest BCUT2D eigenvalue weighted by Gasteiger charge is 2.33. The molecule has 4 nitrogen and oxygen atoms in total. The third-order valence-electron chi connectivity index (χ3n) is 2.78. The lowest BCUT2D eigenvalue weighted by Gasteiger charge is -2.12. The van der Waals surface area contributed by atoms with E-state index in [9.17, 15) is 13.2 Å². The van der Waals surface area contributed by atoms with Gasteiger partial charge in [0, 0.05) is 19.5 Å². The van der Waals surface area contributed by atoms with Gasteiger partial charge < -0.3 is 15.6 Å². The second kappa shape index (κ2) is 5.96. The summed E-state index contributed by atoms with van der Waals surface area (Å²) in [7, 11) is 0. The van der Waals surface area contributed by atoms with Crippen molar-refractivity contribution in [1.82, 2.24) is 5.16 Å². The van der Waals surface area contributed by atoms with Gasteiger partial charge in [-0.1, -0.05) is 23.4 Å². The molecule has 1 aromatic heterocycles. The number of hydrogen-bond acceptors (Lipinski definition) is 4. The molecular formula is C13H14F3N3O. The quantitative estimate of drug-likeness (QED) is 0.886. The Balaban J connectivity index is 2.25. The highest BCUT2D eigenvalue weighted by Crippen LogP contribution is 2.33. The Bertz CT molecular complexity index is 566. The van der Waals surface area contributed by atoms with Gasteiger partial charge in [-0.2, -0.15) is 13.2 Å². The first-order chi connectivity index (χ1) is 9.52. The van der Waals surface area contributed by atoms with Gasteiger partial charge in [-0.25, -0.2) is 0 Å². The van der Waals surface area contributed by atoms with Gasteiger partial charge in [-0.3, -0.25) is 0 Å². The molecule has 0 bridgehead atoms. The van der Waals surface area contributed by atoms with Crippen LogP contribution in [0.15, 0.2) is 35.0 Å². The largest absolute Gasteiger partial charge is 0.416 e. The fourth-order valence-corrected chi connectivity index (χ4v) is 1.87. The molecule has 3 N–H and O–H groups in total. The molecule has 7 heteroatoms. The van der Waals surface area contributed by atoms with Crippen molar-refractivity contribution in [3.05, 3.63) is 47.3 Å². The molecule has 0 amide bonds. The number of halogens is 3. The lowest BCUT2D eigenvalue weighted by Crippen LogP contribution is -2.14. The smallest absolute Gasteiger partial charge is 0.380 e. The molecule has 0 unspecified atom stereocenters. The van der Waals surface area contributed by atoms with Gasteiger partial charge in [0.1, 0.15) is 0 Å². The molecule has 2 aromatic rings. The van der Waals surface area contributed by atoms with E-state index in [1.54, 1.807) is 6.07 Å². The van der Waals surface area contributed by atoms with Crippen molar-refractivity contribution in [2.45, 2.75) is 12.6 Å². The molecule has 0 saturated heterocycles. The Kier molecular flexibility index (Phi) is 4.29. The molecule has 1 aromatic carbocycles. The molecule has 0 radical (unpaired) electrons. The van der Waals surface area contributed by atoms with Crippen molar-refractivity contribution >= 4 is 5.69 Å². The van der Waals surface area contributed by atoms with E-state index in [0.717, 1.165) is 6.07 Å². The van der Waals surface area contributed by atoms with Crippen molar-refractivity contribution in [2.75, 3.05) is 18.4 Å². The molecule has 20 heavy (non-hydrogen) atoms. The minimum absolute atomic E-state index is 0.0165. The molecule has 0 aliphatic carbocycles. The van der Waals surface area contributed by atoms with Crippen LogP contribution in [0.2, 0.25) is 0 Å². The van der Waals surface area contributed by atoms with Gasteiger partial charge in [0.05, 0.1) is 17.4 Å². The number of alkyl halides is 3. The highest BCUT2D eigenvalue weighted by molar-refractivity contribution is 5.47. The zero-order valence-corrected chi connectivity index (χ0v) is 10.6. The molecule has 0 spiro atoms. The zero-order valence-electron chi connectivity index (χ0n) is 10.6. The van der Waals surface area contributed by atoms with Crippen molar-refractivity contribution < 1.29 is 17.7 Å². The number of nitrogens with two attached hydrogens (primary N) is 1. The SMILES string of the molecule is NCCNc1cnoc1Cc1ccccc1C(F)(F)F. The summed E-state index contributed by atoms with van der Waals surface area (Å²) < 4.78 is 43.7. The van der Waals surface area contributed by atoms with Crippen LogP contribution < -0.4 is 11.1 Å². The summed E-state index contributed by atoms with van der Waals surface area (Å²) in [5.41, 5.74) is 5.41. The summed E-state index contributed by atoms with van der Waals surface area (Å²) in [5, 5.41) is 6.56. The summed E-state index contributed by atoms with van der Waals surface area (Å²) in [4.78, 5) is 0. The molecule has 0 fully saturated rings. The first-order valence-electron chi connectivity index (χ1n) is 6.05. The number of anilines is 1. The number of hydrogen-bond donors (Lipinski definition) is 2. The van der Waals surface area contributed by atoms with Crippen LogP contribution in [0, 0.1) is 0 Å². The van der Waals surface area contributed by atoms with Gasteiger partial charge in [0.15, 0.2) is 5.76 Å². The number of aromatic nitrogens is 1. The van der Waals surface area contributed by atoms with Crippen LogP contribution in [-0.2, 0) is 12.6 Å². The zero-order chi connectivity index (χ0) is 14.6. The van der Waals surface area contributed by atoms with E-state index >= 15 is 0 Å². The molecule has 108 valence electrons. The third kappa shape index (κ3) is 3.30. The molecule has 2 rings (SSSR count). The molecule has 1 heterocycles. The lowest BCUT2D eigenvalue weighted by atomic mass is 10.0. The molecule has 0 saturated carbocycles. The second-order valence-electron chi connectivity index (χ2n) is 4.21. The Hall–Kier alpha value is -2.02. The van der Waals surface area contributed by atoms with E-state index in [1.807, 2.05) is 0 Å². The average molecular weight is 285 g/mol. The minimum Gasteiger partial charge on any atom is -0.380 e. The lowest BCUT2D eigenvalue weighted by molar-refractivity contribution is -0.138. The van der Waals surface area contributed by atoms with Crippen LogP contribution in [-0.4, -0.2) is 18.2 Å². The van der Waals surface area contributed by atoms with Crippen molar-refractivity contribution in [3.63, 3.8) is 0 Å². The van der Waals surface area contributed by atoms with Gasteiger partial charge in [-0.05, 0) is 11.6 Å². The van der Waals surface area contributed by atoms with E-state index < -0.39 is 11.7 Å². The predicted molar refractivity (Wildman–Crippen MR) is 68.3 cm³/mol. The second-order valence-corrected chi connectivity index (χ2v) is 4.21. The van der Waals surface area contributed by atoms with Crippen molar-refractivity contribution in [1.29, 1.82) is 0 Å². The first kappa shape index (κ1) is 14.4. The fraction of sp³-hybridized carbons (Fsp3) is 0.308. The van der Waals surface area contributed by atoms with Crippen molar-refractivity contribution in [2.24, 2.45) is 5.73 Å². The topological polar surface area (TPSA) is 64.1 Å². The first-order valence-corrected chi connectivity index (χ1v) is 6.05. The molecular weight excluding hydrogens is 271 g/mol. The van der Waals surface area contributed by atoms with E-state index in [1.165, 1.54) is 18.3 Å². The van der Waals surface area contributed by atoms with Crippen LogP contribution >= 0.6 is 0 Å². The van der Waals surface area contributed by atoms with Gasteiger partial charge in [-0.15, -0.1) is 0 Å². The molecule has 0 aliphatic heterocycles. The Labute approximate surface area is 113 Å². The van der Waals surface area contributed by atoms with Gasteiger partial charge in [0.2, 0.25) is 0 Å². The van der Waals surface area contributed by atoms with E-state index in [-0.39, 0.29) is 12.0 Å². The maximum atomic E-state index is 12.9. The van der Waals surface area contributed by atoms with Crippen molar-refractivity contribution in [3.8, 4) is 0 Å². The summed E-state index contributed by atoms with van der Waals surface area (Å²) in [5.74, 6) is 0.357. The predicted octanol–water partition coefficient (Wildman–Crippen LogP) is 2.65. The number of rotatable bonds is 5. The standard InChI is InChI=1S/C13H14F3N3O/c14-13(15,16)10-4-2-1-3-9(10)7-12-11(8-19-20-12)18-6-5-17/h1-4,8,18H,5-7,17H2. The van der Waals surface area contributed by atoms with Gasteiger partial charge in [0.25, 0.3) is 0 Å². The Morgan fingerprint density at radius 2 is 2.00 bits per heavy atom. The minimum atomic E-state index is -4.39. The van der Waals surface area contributed by atoms with Crippen LogP contribution in [0.1, 0.15) is 16.9 Å². The number of benzene rings is 1. The fourth-order valence-electron chi connectivity index (χ4n) is 1.87. The summed E-state index contributed by atoms with van der Waals surface area (Å²) in [6.07, 6.45) is -2.94. The van der Waals surface area contributed by atoms with Gasteiger partial charge >= 0.3 is 6.18 Å². The maximum absolute atomic E-state index is 12.9. The molecule has 0 aliphatic rings. The highest BCUT2D eigenvalue weighted by atomic mass is 19.4. The molecule has 0 atom stereocenters. The normalized spacial score (nSPS) is 11.6. The Morgan fingerprint density at radius 3 is 2.70 bits per heavy atom. The monoisotopic (exact) mass is 285 g/mol. The summed E-state index contributed by atoms with van der Waals surface area (Å²) in [6.45, 7) is 0.902. The van der Waals surface area contributed by atoms with E-state index in [4.69, 9.17) is 10.3 Å². The number of nitrogens with zero attached hydrogens (tertiary/aromatic N) is 1. The summed E-state index contributed by atoms with van der Waals surface area (Å²) in [6, 6.07) is 5.41. The van der Waals surface area contributed by atoms with Crippen LogP contribution in [0.5, 0.6) is 0 Å². The number of nitrogens with one attached hydrogen (secondary N) is 1. The average Bonchev–Trinajstić information content (AvgIpc) is 2.83. The maximum Gasteiger partial charge on any atom is 0.416 e. The van der Waals surface area contributed by atoms with E-state index in [0.29, 0.717) is 24.5 Å².